The van der Waals surface area contributed by atoms with Gasteiger partial charge in [0.15, 0.2) is 0 Å². The summed E-state index contributed by atoms with van der Waals surface area (Å²) in [6.45, 7) is 3.29. The maximum atomic E-state index is 11.5. The third kappa shape index (κ3) is 3.67. The number of quaternary nitrogens is 1. The summed E-state index contributed by atoms with van der Waals surface area (Å²) in [4.78, 5) is 13.1. The van der Waals surface area contributed by atoms with Crippen LogP contribution in [0.25, 0.3) is 0 Å². The first kappa shape index (κ1) is 13.3. The lowest BCUT2D eigenvalue weighted by atomic mass is 10.1. The van der Waals surface area contributed by atoms with E-state index in [1.807, 2.05) is 0 Å². The van der Waals surface area contributed by atoms with E-state index in [0.29, 0.717) is 0 Å². The minimum absolute atomic E-state index is 0.108. The van der Waals surface area contributed by atoms with Gasteiger partial charge in [0.2, 0.25) is 5.91 Å². The number of nitrogens with zero attached hydrogens (tertiary/aromatic N) is 1. The number of hydrogen-bond donors (Lipinski definition) is 2. The number of benzene rings is 1. The van der Waals surface area contributed by atoms with Crippen LogP contribution in [-0.2, 0) is 11.3 Å². The highest BCUT2D eigenvalue weighted by Gasteiger charge is 2.29. The van der Waals surface area contributed by atoms with Crippen molar-refractivity contribution in [2.45, 2.75) is 32.2 Å². The molecule has 1 aromatic rings. The fourth-order valence-electron chi connectivity index (χ4n) is 2.64. The Morgan fingerprint density at radius 1 is 1.20 bits per heavy atom. The maximum Gasteiger partial charge on any atom is 0.243 e. The number of likely N-dealkylation sites (tertiary alicyclic amines) is 1. The second-order valence-corrected chi connectivity index (χ2v) is 5.84. The average Bonchev–Trinajstić information content (AvgIpc) is 3.32. The first-order valence-electron chi connectivity index (χ1n) is 7.54. The van der Waals surface area contributed by atoms with Gasteiger partial charge < -0.3 is 4.90 Å². The van der Waals surface area contributed by atoms with E-state index in [1.54, 1.807) is 4.90 Å². The van der Waals surface area contributed by atoms with Crippen LogP contribution in [0.15, 0.2) is 35.4 Å². The molecule has 2 aliphatic rings. The molecule has 1 saturated heterocycles. The Labute approximate surface area is 119 Å². The van der Waals surface area contributed by atoms with E-state index < -0.39 is 0 Å². The lowest BCUT2D eigenvalue weighted by Gasteiger charge is -2.24. The van der Waals surface area contributed by atoms with Gasteiger partial charge in [-0.05, 0) is 12.8 Å². The van der Waals surface area contributed by atoms with Crippen molar-refractivity contribution in [2.75, 3.05) is 13.1 Å². The van der Waals surface area contributed by atoms with Crippen molar-refractivity contribution in [3.8, 4) is 0 Å². The molecule has 0 bridgehead atoms. The molecule has 1 saturated carbocycles. The monoisotopic (exact) mass is 272 g/mol. The molecule has 0 spiro atoms. The molecular weight excluding hydrogens is 250 g/mol. The first-order valence-corrected chi connectivity index (χ1v) is 7.54. The molecular formula is C16H22N3O+. The molecule has 2 N–H and O–H groups in total. The van der Waals surface area contributed by atoms with E-state index in [2.05, 4.69) is 40.9 Å². The van der Waals surface area contributed by atoms with E-state index in [4.69, 9.17) is 0 Å². The molecule has 4 nitrogen and oxygen atoms in total. The molecule has 0 radical (unpaired) electrons. The fourth-order valence-corrected chi connectivity index (χ4v) is 2.64. The summed E-state index contributed by atoms with van der Waals surface area (Å²) in [7, 11) is 0. The lowest BCUT2D eigenvalue weighted by molar-refractivity contribution is -0.914. The van der Waals surface area contributed by atoms with Crippen LogP contribution in [0, 0.1) is 5.92 Å². The zero-order valence-corrected chi connectivity index (χ0v) is 11.8. The number of nitrogens with one attached hydrogen (secondary N) is 2. The van der Waals surface area contributed by atoms with Crippen LogP contribution in [0.2, 0.25) is 0 Å². The van der Waals surface area contributed by atoms with Crippen molar-refractivity contribution in [1.29, 1.82) is 0 Å². The van der Waals surface area contributed by atoms with Crippen LogP contribution in [0.5, 0.6) is 0 Å². The van der Waals surface area contributed by atoms with Gasteiger partial charge in [-0.2, -0.15) is 5.10 Å². The number of carbonyl (C=O) groups is 1. The topological polar surface area (TPSA) is 45.9 Å². The average molecular weight is 272 g/mol. The third-order valence-corrected chi connectivity index (χ3v) is 4.10. The highest BCUT2D eigenvalue weighted by molar-refractivity contribution is 5.87. The molecule has 0 atom stereocenters. The van der Waals surface area contributed by atoms with Crippen molar-refractivity contribution >= 4 is 11.6 Å². The Hall–Kier alpha value is -1.68. The summed E-state index contributed by atoms with van der Waals surface area (Å²) in [5.74, 6) is 0.347. The molecule has 1 aliphatic heterocycles. The van der Waals surface area contributed by atoms with Crippen LogP contribution >= 0.6 is 0 Å². The van der Waals surface area contributed by atoms with Crippen molar-refractivity contribution < 1.29 is 9.69 Å². The molecule has 0 unspecified atom stereocenters. The zero-order chi connectivity index (χ0) is 13.8. The van der Waals surface area contributed by atoms with Crippen molar-refractivity contribution in [3.05, 3.63) is 35.9 Å². The standard InChI is InChI=1S/C16H21N3O/c20-16(14-6-7-14)18-17-15-8-10-19(11-9-15)12-13-4-2-1-3-5-13/h1-5,14H,6-12H2,(H,18,20)/p+1. The summed E-state index contributed by atoms with van der Waals surface area (Å²) in [6, 6.07) is 10.6. The second kappa shape index (κ2) is 6.18. The molecule has 3 rings (SSSR count). The van der Waals surface area contributed by atoms with E-state index in [1.165, 1.54) is 5.56 Å². The van der Waals surface area contributed by atoms with Crippen LogP contribution in [0.3, 0.4) is 0 Å². The summed E-state index contributed by atoms with van der Waals surface area (Å²) in [5, 5.41) is 4.29. The van der Waals surface area contributed by atoms with Gasteiger partial charge in [0.1, 0.15) is 6.54 Å². The Bertz CT molecular complexity index is 484. The van der Waals surface area contributed by atoms with Crippen LogP contribution < -0.4 is 10.3 Å². The number of carbonyl (C=O) groups excluding carboxylic acids is 1. The van der Waals surface area contributed by atoms with Gasteiger partial charge in [-0.1, -0.05) is 30.3 Å². The molecule has 20 heavy (non-hydrogen) atoms. The normalized spacial score (nSPS) is 22.4. The SMILES string of the molecule is O=C(NN=C1CC[NH+](Cc2ccccc2)CC1)C1CC1. The Morgan fingerprint density at radius 2 is 1.90 bits per heavy atom. The summed E-state index contributed by atoms with van der Waals surface area (Å²) in [6.07, 6.45) is 4.05. The van der Waals surface area contributed by atoms with E-state index in [9.17, 15) is 4.79 Å². The molecule has 1 heterocycles. The number of rotatable bonds is 4. The van der Waals surface area contributed by atoms with Gasteiger partial charge >= 0.3 is 0 Å². The summed E-state index contributed by atoms with van der Waals surface area (Å²) in [5.41, 5.74) is 5.26. The van der Waals surface area contributed by atoms with Crippen molar-refractivity contribution in [3.63, 3.8) is 0 Å². The number of amides is 1. The van der Waals surface area contributed by atoms with E-state index in [-0.39, 0.29) is 11.8 Å². The van der Waals surface area contributed by atoms with E-state index >= 15 is 0 Å². The predicted molar refractivity (Wildman–Crippen MR) is 78.4 cm³/mol. The number of hydrazone groups is 1. The maximum absolute atomic E-state index is 11.5. The largest absolute Gasteiger partial charge is 0.331 e. The molecule has 0 aromatic heterocycles. The van der Waals surface area contributed by atoms with Gasteiger partial charge in [-0.3, -0.25) is 4.79 Å². The minimum Gasteiger partial charge on any atom is -0.331 e. The van der Waals surface area contributed by atoms with Crippen LogP contribution in [0.4, 0.5) is 0 Å². The van der Waals surface area contributed by atoms with Gasteiger partial charge in [-0.25, -0.2) is 5.43 Å². The van der Waals surface area contributed by atoms with Crippen LogP contribution in [-0.4, -0.2) is 24.7 Å². The minimum atomic E-state index is 0.108. The number of piperidine rings is 1. The van der Waals surface area contributed by atoms with Crippen molar-refractivity contribution in [1.82, 2.24) is 5.43 Å². The molecule has 2 fully saturated rings. The first-order chi connectivity index (χ1) is 9.81. The number of hydrogen-bond acceptors (Lipinski definition) is 2. The molecule has 1 aliphatic carbocycles. The zero-order valence-electron chi connectivity index (χ0n) is 11.8. The Kier molecular flexibility index (Phi) is 4.11. The highest BCUT2D eigenvalue weighted by Crippen LogP contribution is 2.28. The van der Waals surface area contributed by atoms with E-state index in [0.717, 1.165) is 51.0 Å². The molecule has 106 valence electrons. The smallest absolute Gasteiger partial charge is 0.243 e. The lowest BCUT2D eigenvalue weighted by Crippen LogP contribution is -3.11. The highest BCUT2D eigenvalue weighted by atomic mass is 16.2. The molecule has 1 amide bonds. The molecule has 4 heteroatoms. The van der Waals surface area contributed by atoms with Crippen LogP contribution in [0.1, 0.15) is 31.2 Å². The van der Waals surface area contributed by atoms with Gasteiger partial charge in [0.05, 0.1) is 13.1 Å². The van der Waals surface area contributed by atoms with Gasteiger partial charge in [0.25, 0.3) is 0 Å². The second-order valence-electron chi connectivity index (χ2n) is 5.84. The van der Waals surface area contributed by atoms with Gasteiger partial charge in [-0.15, -0.1) is 0 Å². The summed E-state index contributed by atoms with van der Waals surface area (Å²) >= 11 is 0. The Morgan fingerprint density at radius 3 is 2.55 bits per heavy atom. The fraction of sp³-hybridized carbons (Fsp3) is 0.500. The summed E-state index contributed by atoms with van der Waals surface area (Å²) < 4.78 is 0. The van der Waals surface area contributed by atoms with Gasteiger partial charge in [0, 0.05) is 30.0 Å². The van der Waals surface area contributed by atoms with Crippen molar-refractivity contribution in [2.24, 2.45) is 11.0 Å². The third-order valence-electron chi connectivity index (χ3n) is 4.10. The predicted octanol–water partition coefficient (Wildman–Crippen LogP) is 0.748. The molecule has 1 aromatic carbocycles. The quantitative estimate of drug-likeness (QED) is 0.781. The Balaban J connectivity index is 1.44.